The molecule has 0 unspecified atom stereocenters. The highest BCUT2D eigenvalue weighted by Crippen LogP contribution is 2.48. The molecule has 0 atom stereocenters. The maximum Gasteiger partial charge on any atom is 0.221 e. The Morgan fingerprint density at radius 1 is 1.11 bits per heavy atom. The molecule has 37 heavy (non-hydrogen) atoms. The molecule has 1 aliphatic rings. The second kappa shape index (κ2) is 8.50. The third-order valence-electron chi connectivity index (χ3n) is 8.07. The molecule has 0 saturated heterocycles. The molecule has 3 aromatic carbocycles. The van der Waals surface area contributed by atoms with Crippen molar-refractivity contribution in [3.63, 3.8) is 0 Å². The van der Waals surface area contributed by atoms with Crippen LogP contribution in [0.25, 0.3) is 42.7 Å². The second-order valence-corrected chi connectivity index (χ2v) is 13.8. The molecule has 192 valence electrons. The van der Waals surface area contributed by atoms with Gasteiger partial charge in [-0.2, -0.15) is 0 Å². The van der Waals surface area contributed by atoms with Gasteiger partial charge >= 0.3 is 0 Å². The molecule has 0 N–H and O–H groups in total. The summed E-state index contributed by atoms with van der Waals surface area (Å²) in [4.78, 5) is 4.84. The molecule has 0 aliphatic heterocycles. The first-order valence-corrected chi connectivity index (χ1v) is 14.2. The van der Waals surface area contributed by atoms with Crippen LogP contribution in [0.5, 0.6) is 0 Å². The number of hydrogen-bond donors (Lipinski definition) is 0. The first-order chi connectivity index (χ1) is 19.8. The summed E-state index contributed by atoms with van der Waals surface area (Å²) in [5, 5.41) is 5.22. The Kier molecular flexibility index (Phi) is 4.29. The van der Waals surface area contributed by atoms with Crippen molar-refractivity contribution in [2.45, 2.75) is 86.3 Å². The average Bonchev–Trinajstić information content (AvgIpc) is 3.32. The van der Waals surface area contributed by atoms with E-state index in [4.69, 9.17) is 11.8 Å². The fraction of sp³-hybridized carbons (Fsp3) is 0.471. The largest absolute Gasteiger partial charge is 0.241 e. The van der Waals surface area contributed by atoms with Crippen molar-refractivity contribution in [1.29, 1.82) is 0 Å². The van der Waals surface area contributed by atoms with E-state index in [-0.39, 0.29) is 11.0 Å². The summed E-state index contributed by atoms with van der Waals surface area (Å²) in [5.41, 5.74) is 3.11. The summed E-state index contributed by atoms with van der Waals surface area (Å²) >= 11 is 1.37. The van der Waals surface area contributed by atoms with Crippen LogP contribution in [0, 0.1) is 24.6 Å². The molecule has 1 fully saturated rings. The van der Waals surface area contributed by atoms with Crippen LogP contribution in [0.3, 0.4) is 0 Å². The van der Waals surface area contributed by atoms with Crippen molar-refractivity contribution < 1.29 is 12.8 Å². The van der Waals surface area contributed by atoms with Gasteiger partial charge in [-0.3, -0.25) is 0 Å². The van der Waals surface area contributed by atoms with E-state index in [0.29, 0.717) is 23.4 Å². The number of thiazole rings is 1. The SMILES string of the molecule is [2H]C([2H])([2H])c1c[n+](C)c2c3c(C)cccc3c3cc4nc(C([2H])([2H])C(C)(C)C)sc4cc3c2c1C1([2H])CCC(C)(C)CC1. The predicted octanol–water partition coefficient (Wildman–Crippen LogP) is 9.47. The van der Waals surface area contributed by atoms with Crippen LogP contribution >= 0.6 is 11.3 Å². The molecule has 1 aliphatic carbocycles. The number of benzene rings is 3. The minimum absolute atomic E-state index is 0.114. The smallest absolute Gasteiger partial charge is 0.221 e. The van der Waals surface area contributed by atoms with Crippen molar-refractivity contribution in [2.75, 3.05) is 0 Å². The third-order valence-corrected chi connectivity index (χ3v) is 9.00. The van der Waals surface area contributed by atoms with Crippen LogP contribution in [-0.4, -0.2) is 4.98 Å². The first-order valence-electron chi connectivity index (χ1n) is 16.4. The van der Waals surface area contributed by atoms with Gasteiger partial charge in [0.25, 0.3) is 0 Å². The van der Waals surface area contributed by atoms with Crippen LogP contribution in [0.15, 0.2) is 36.5 Å². The molecule has 2 heterocycles. The molecule has 2 nitrogen and oxygen atoms in total. The molecule has 5 aromatic rings. The molecule has 0 spiro atoms. The lowest BCUT2D eigenvalue weighted by Crippen LogP contribution is -2.31. The summed E-state index contributed by atoms with van der Waals surface area (Å²) < 4.78 is 56.4. The normalized spacial score (nSPS) is 20.9. The van der Waals surface area contributed by atoms with Crippen molar-refractivity contribution in [1.82, 2.24) is 4.98 Å². The maximum atomic E-state index is 9.95. The molecular weight excluding hydrogens is 468 g/mol. The lowest BCUT2D eigenvalue weighted by atomic mass is 9.70. The van der Waals surface area contributed by atoms with Gasteiger partial charge in [0.2, 0.25) is 5.52 Å². The molecule has 0 bridgehead atoms. The standard InChI is InChI=1S/C34H41N2S/c1-20-10-9-11-23-24-16-26-27(37-28(35-26)18-33(3,4)5)17-25(24)31-29(22-12-14-34(6,7)15-13-22)21(2)19-36(8)32(31)30(20)23/h9-11,16-17,19,22H,12-15,18H2,1-8H3/q+1/i2D3,18D2,22D. The Labute approximate surface area is 234 Å². The van der Waals surface area contributed by atoms with Gasteiger partial charge in [-0.15, -0.1) is 11.3 Å². The van der Waals surface area contributed by atoms with Gasteiger partial charge in [0.05, 0.1) is 26.0 Å². The van der Waals surface area contributed by atoms with Gasteiger partial charge in [0.1, 0.15) is 7.05 Å². The topological polar surface area (TPSA) is 16.8 Å². The zero-order chi connectivity index (χ0) is 31.5. The van der Waals surface area contributed by atoms with Gasteiger partial charge in [0.15, 0.2) is 6.20 Å². The summed E-state index contributed by atoms with van der Waals surface area (Å²) in [6, 6.07) is 10.4. The van der Waals surface area contributed by atoms with E-state index in [1.54, 1.807) is 6.20 Å². The number of aryl methyl sites for hydroxylation is 3. The molecule has 0 amide bonds. The van der Waals surface area contributed by atoms with Crippen LogP contribution in [0.2, 0.25) is 0 Å². The number of hydrogen-bond acceptors (Lipinski definition) is 2. The van der Waals surface area contributed by atoms with E-state index < -0.39 is 24.5 Å². The van der Waals surface area contributed by atoms with Gasteiger partial charge in [0, 0.05) is 20.2 Å². The van der Waals surface area contributed by atoms with E-state index in [2.05, 4.69) is 45.0 Å². The summed E-state index contributed by atoms with van der Waals surface area (Å²) in [6.45, 7) is 9.84. The maximum absolute atomic E-state index is 9.95. The molecule has 0 radical (unpaired) electrons. The number of fused-ring (bicyclic) bond motifs is 7. The van der Waals surface area contributed by atoms with Crippen LogP contribution in [0.4, 0.5) is 0 Å². The van der Waals surface area contributed by atoms with E-state index in [9.17, 15) is 1.37 Å². The Hall–Kier alpha value is -2.52. The Morgan fingerprint density at radius 3 is 2.57 bits per heavy atom. The van der Waals surface area contributed by atoms with Crippen LogP contribution in [-0.2, 0) is 13.4 Å². The van der Waals surface area contributed by atoms with E-state index in [0.717, 1.165) is 61.1 Å². The van der Waals surface area contributed by atoms with E-state index in [1.807, 2.05) is 38.5 Å². The number of nitrogens with zero attached hydrogens (tertiary/aromatic N) is 2. The lowest BCUT2D eigenvalue weighted by molar-refractivity contribution is -0.644. The zero-order valence-corrected chi connectivity index (χ0v) is 23.9. The van der Waals surface area contributed by atoms with Gasteiger partial charge in [-0.05, 0) is 95.6 Å². The van der Waals surface area contributed by atoms with Gasteiger partial charge in [-0.25, -0.2) is 9.55 Å². The van der Waals surface area contributed by atoms with Crippen molar-refractivity contribution in [3.8, 4) is 0 Å². The molecule has 2 aromatic heterocycles. The fourth-order valence-electron chi connectivity index (χ4n) is 6.15. The quantitative estimate of drug-likeness (QED) is 0.169. The summed E-state index contributed by atoms with van der Waals surface area (Å²) in [7, 11) is 1.92. The fourth-order valence-corrected chi connectivity index (χ4v) is 7.24. The number of pyridine rings is 1. The molecule has 3 heteroatoms. The number of aromatic nitrogens is 2. The van der Waals surface area contributed by atoms with Crippen molar-refractivity contribution in [3.05, 3.63) is 58.2 Å². The summed E-state index contributed by atoms with van der Waals surface area (Å²) in [6.07, 6.45) is 3.02. The number of rotatable bonds is 2. The van der Waals surface area contributed by atoms with Crippen molar-refractivity contribution in [2.24, 2.45) is 17.9 Å². The van der Waals surface area contributed by atoms with Gasteiger partial charge < -0.3 is 0 Å². The second-order valence-electron chi connectivity index (χ2n) is 12.8. The molecule has 1 saturated carbocycles. The lowest BCUT2D eigenvalue weighted by Gasteiger charge is -2.35. The van der Waals surface area contributed by atoms with E-state index in [1.165, 1.54) is 11.3 Å². The van der Waals surface area contributed by atoms with E-state index >= 15 is 0 Å². The minimum atomic E-state index is -2.39. The van der Waals surface area contributed by atoms with Crippen LogP contribution < -0.4 is 4.57 Å². The van der Waals surface area contributed by atoms with Crippen molar-refractivity contribution >= 4 is 54.0 Å². The monoisotopic (exact) mass is 515 g/mol. The molecule has 6 rings (SSSR count). The Morgan fingerprint density at radius 2 is 1.86 bits per heavy atom. The minimum Gasteiger partial charge on any atom is -0.241 e. The van der Waals surface area contributed by atoms with Crippen LogP contribution in [0.1, 0.15) is 96.1 Å². The highest BCUT2D eigenvalue weighted by molar-refractivity contribution is 7.18. The highest BCUT2D eigenvalue weighted by Gasteiger charge is 2.32. The Bertz CT molecular complexity index is 1940. The first kappa shape index (κ1) is 18.7. The van der Waals surface area contributed by atoms with Gasteiger partial charge in [-0.1, -0.05) is 52.8 Å². The Balaban J connectivity index is 1.84. The highest BCUT2D eigenvalue weighted by atomic mass is 32.1. The zero-order valence-electron chi connectivity index (χ0n) is 29.1. The predicted molar refractivity (Wildman–Crippen MR) is 161 cm³/mol. The third kappa shape index (κ3) is 4.24. The summed E-state index contributed by atoms with van der Waals surface area (Å²) in [5.74, 6) is -1.05. The average molecular weight is 516 g/mol. The molecular formula is C34H41N2S+.